The number of carbonyl (C=O) groups is 1. The van der Waals surface area contributed by atoms with E-state index in [0.717, 1.165) is 4.31 Å². The van der Waals surface area contributed by atoms with Crippen molar-refractivity contribution in [2.45, 2.75) is 4.90 Å². The van der Waals surface area contributed by atoms with E-state index < -0.39 is 15.9 Å². The number of carbonyl (C=O) groups excluding carboxylic acids is 1. The zero-order valence-corrected chi connectivity index (χ0v) is 12.4. The van der Waals surface area contributed by atoms with E-state index in [0.29, 0.717) is 17.1 Å². The van der Waals surface area contributed by atoms with E-state index in [1.54, 1.807) is 12.1 Å². The number of nitrogens with two attached hydrogens (primary N) is 1. The minimum Gasteiger partial charge on any atom is -0.397 e. The molecule has 1 amide bonds. The van der Waals surface area contributed by atoms with Gasteiger partial charge in [-0.2, -0.15) is 0 Å². The highest BCUT2D eigenvalue weighted by Gasteiger charge is 2.18. The number of amides is 1. The van der Waals surface area contributed by atoms with E-state index in [4.69, 9.17) is 5.73 Å². The highest BCUT2D eigenvalue weighted by molar-refractivity contribution is 7.89. The van der Waals surface area contributed by atoms with Gasteiger partial charge in [-0.15, -0.1) is 0 Å². The summed E-state index contributed by atoms with van der Waals surface area (Å²) < 4.78 is 25.2. The van der Waals surface area contributed by atoms with Gasteiger partial charge in [0.2, 0.25) is 10.0 Å². The van der Waals surface area contributed by atoms with Gasteiger partial charge in [0.05, 0.1) is 4.90 Å². The molecule has 0 atom stereocenters. The number of H-pyrrole nitrogens is 1. The number of sulfonamides is 1. The van der Waals surface area contributed by atoms with Gasteiger partial charge in [-0.25, -0.2) is 12.7 Å². The summed E-state index contributed by atoms with van der Waals surface area (Å²) in [5, 5.41) is 2.61. The monoisotopic (exact) mass is 308 g/mol. The quantitative estimate of drug-likeness (QED) is 0.786. The number of anilines is 2. The maximum absolute atomic E-state index is 12.0. The summed E-state index contributed by atoms with van der Waals surface area (Å²) in [7, 11) is -0.648. The van der Waals surface area contributed by atoms with Crippen LogP contribution in [0, 0.1) is 0 Å². The summed E-state index contributed by atoms with van der Waals surface area (Å²) in [6.07, 6.45) is 1.50. The predicted octanol–water partition coefficient (Wildman–Crippen LogP) is 1.10. The van der Waals surface area contributed by atoms with Crippen molar-refractivity contribution in [3.8, 4) is 0 Å². The summed E-state index contributed by atoms with van der Waals surface area (Å²) in [5.41, 5.74) is 6.66. The van der Waals surface area contributed by atoms with Gasteiger partial charge in [0.1, 0.15) is 5.69 Å². The Balaban J connectivity index is 2.25. The lowest BCUT2D eigenvalue weighted by molar-refractivity contribution is 0.102. The van der Waals surface area contributed by atoms with Crippen molar-refractivity contribution in [1.82, 2.24) is 9.29 Å². The molecule has 2 aromatic rings. The summed E-state index contributed by atoms with van der Waals surface area (Å²) in [6, 6.07) is 7.54. The lowest BCUT2D eigenvalue weighted by atomic mass is 10.3. The van der Waals surface area contributed by atoms with Crippen LogP contribution in [0.4, 0.5) is 11.4 Å². The molecule has 21 heavy (non-hydrogen) atoms. The number of aromatic amines is 1. The fraction of sp³-hybridized carbons (Fsp3) is 0.154. The Morgan fingerprint density at radius 3 is 2.57 bits per heavy atom. The predicted molar refractivity (Wildman–Crippen MR) is 80.5 cm³/mol. The number of nitrogens with zero attached hydrogens (tertiary/aromatic N) is 1. The first-order valence-corrected chi connectivity index (χ1v) is 7.52. The van der Waals surface area contributed by atoms with Crippen LogP contribution < -0.4 is 11.1 Å². The molecule has 0 radical (unpaired) electrons. The van der Waals surface area contributed by atoms with E-state index in [1.807, 2.05) is 0 Å². The zero-order chi connectivity index (χ0) is 15.6. The van der Waals surface area contributed by atoms with E-state index in [9.17, 15) is 13.2 Å². The van der Waals surface area contributed by atoms with Gasteiger partial charge in [0.25, 0.3) is 5.91 Å². The van der Waals surface area contributed by atoms with Crippen LogP contribution >= 0.6 is 0 Å². The standard InChI is InChI=1S/C13H16N4O3S/c1-17(2)21(19,20)11-5-3-4-10(7-11)16-13(18)12-6-9(14)8-15-12/h3-8,15H,14H2,1-2H3,(H,16,18). The average Bonchev–Trinajstić information content (AvgIpc) is 2.85. The second kappa shape index (κ2) is 5.58. The van der Waals surface area contributed by atoms with Crippen LogP contribution in [0.3, 0.4) is 0 Å². The number of benzene rings is 1. The van der Waals surface area contributed by atoms with Crippen LogP contribution in [0.1, 0.15) is 10.5 Å². The van der Waals surface area contributed by atoms with Gasteiger partial charge >= 0.3 is 0 Å². The molecule has 0 unspecified atom stereocenters. The molecule has 1 aromatic heterocycles. The molecule has 1 heterocycles. The van der Waals surface area contributed by atoms with Crippen molar-refractivity contribution in [3.63, 3.8) is 0 Å². The molecular weight excluding hydrogens is 292 g/mol. The molecule has 0 aliphatic rings. The molecule has 0 aliphatic heterocycles. The van der Waals surface area contributed by atoms with E-state index in [2.05, 4.69) is 10.3 Å². The Labute approximate surface area is 122 Å². The molecule has 0 spiro atoms. The molecule has 0 saturated carbocycles. The third kappa shape index (κ3) is 3.23. The Morgan fingerprint density at radius 2 is 2.00 bits per heavy atom. The van der Waals surface area contributed by atoms with Crippen LogP contribution in [0.25, 0.3) is 0 Å². The molecule has 8 heteroatoms. The number of nitrogen functional groups attached to an aromatic ring is 1. The minimum absolute atomic E-state index is 0.108. The molecule has 1 aromatic carbocycles. The Hall–Kier alpha value is -2.32. The number of aromatic nitrogens is 1. The minimum atomic E-state index is -3.54. The van der Waals surface area contributed by atoms with Gasteiger partial charge in [0.15, 0.2) is 0 Å². The molecule has 0 saturated heterocycles. The molecule has 0 fully saturated rings. The van der Waals surface area contributed by atoms with Crippen LogP contribution in [0.2, 0.25) is 0 Å². The van der Waals surface area contributed by atoms with Gasteiger partial charge in [0, 0.05) is 31.7 Å². The molecule has 0 bridgehead atoms. The van der Waals surface area contributed by atoms with Crippen LogP contribution in [-0.2, 0) is 10.0 Å². The van der Waals surface area contributed by atoms with Crippen LogP contribution in [0.15, 0.2) is 41.4 Å². The van der Waals surface area contributed by atoms with Gasteiger partial charge in [-0.1, -0.05) is 6.07 Å². The Morgan fingerprint density at radius 1 is 1.29 bits per heavy atom. The third-order valence-corrected chi connectivity index (χ3v) is 4.63. The van der Waals surface area contributed by atoms with Crippen molar-refractivity contribution in [2.24, 2.45) is 0 Å². The number of nitrogens with one attached hydrogen (secondary N) is 2. The Bertz CT molecular complexity index is 765. The van der Waals surface area contributed by atoms with Crippen LogP contribution in [0.5, 0.6) is 0 Å². The molecule has 2 rings (SSSR count). The smallest absolute Gasteiger partial charge is 0.272 e. The van der Waals surface area contributed by atoms with Crippen LogP contribution in [-0.4, -0.2) is 37.7 Å². The maximum Gasteiger partial charge on any atom is 0.272 e. The summed E-state index contributed by atoms with van der Waals surface area (Å²) in [4.78, 5) is 14.8. The SMILES string of the molecule is CN(C)S(=O)(=O)c1cccc(NC(=O)c2cc(N)c[nH]2)c1. The average molecular weight is 308 g/mol. The fourth-order valence-electron chi connectivity index (χ4n) is 1.69. The van der Waals surface area contributed by atoms with Crippen molar-refractivity contribution in [2.75, 3.05) is 25.1 Å². The van der Waals surface area contributed by atoms with Crippen molar-refractivity contribution in [1.29, 1.82) is 0 Å². The second-order valence-corrected chi connectivity index (χ2v) is 6.77. The maximum atomic E-state index is 12.0. The first-order chi connectivity index (χ1) is 9.80. The molecule has 7 nitrogen and oxygen atoms in total. The van der Waals surface area contributed by atoms with E-state index in [-0.39, 0.29) is 4.90 Å². The van der Waals surface area contributed by atoms with Gasteiger partial charge in [-0.05, 0) is 24.3 Å². The first-order valence-electron chi connectivity index (χ1n) is 6.08. The zero-order valence-electron chi connectivity index (χ0n) is 11.6. The number of hydrogen-bond donors (Lipinski definition) is 3. The number of rotatable bonds is 4. The van der Waals surface area contributed by atoms with Crippen molar-refractivity contribution >= 4 is 27.3 Å². The van der Waals surface area contributed by atoms with Crippen molar-refractivity contribution in [3.05, 3.63) is 42.2 Å². The largest absolute Gasteiger partial charge is 0.397 e. The molecular formula is C13H16N4O3S. The highest BCUT2D eigenvalue weighted by atomic mass is 32.2. The van der Waals surface area contributed by atoms with Gasteiger partial charge in [-0.3, -0.25) is 4.79 Å². The van der Waals surface area contributed by atoms with Crippen molar-refractivity contribution < 1.29 is 13.2 Å². The number of hydrogen-bond acceptors (Lipinski definition) is 4. The molecule has 112 valence electrons. The first kappa shape index (κ1) is 15.1. The lowest BCUT2D eigenvalue weighted by Crippen LogP contribution is -2.22. The molecule has 0 aliphatic carbocycles. The lowest BCUT2D eigenvalue weighted by Gasteiger charge is -2.12. The Kier molecular flexibility index (Phi) is 4.01. The third-order valence-electron chi connectivity index (χ3n) is 2.82. The summed E-state index contributed by atoms with van der Waals surface area (Å²) in [6.45, 7) is 0. The second-order valence-electron chi connectivity index (χ2n) is 4.62. The summed E-state index contributed by atoms with van der Waals surface area (Å²) >= 11 is 0. The topological polar surface area (TPSA) is 108 Å². The normalized spacial score (nSPS) is 11.6. The summed E-state index contributed by atoms with van der Waals surface area (Å²) in [5.74, 6) is -0.397. The fourth-order valence-corrected chi connectivity index (χ4v) is 2.63. The van der Waals surface area contributed by atoms with E-state index >= 15 is 0 Å². The molecule has 4 N–H and O–H groups in total. The van der Waals surface area contributed by atoms with Gasteiger partial charge < -0.3 is 16.0 Å². The van der Waals surface area contributed by atoms with E-state index in [1.165, 1.54) is 38.5 Å². The highest BCUT2D eigenvalue weighted by Crippen LogP contribution is 2.18.